The molecule has 11 heteroatoms. The summed E-state index contributed by atoms with van der Waals surface area (Å²) >= 11 is 18.9. The van der Waals surface area contributed by atoms with E-state index in [0.717, 1.165) is 4.31 Å². The average Bonchev–Trinajstić information content (AvgIpc) is 2.91. The van der Waals surface area contributed by atoms with Crippen molar-refractivity contribution < 1.29 is 18.0 Å². The minimum absolute atomic E-state index is 0.0127. The highest BCUT2D eigenvalue weighted by Gasteiger charge is 2.33. The van der Waals surface area contributed by atoms with Crippen LogP contribution in [0, 0.1) is 0 Å². The molecule has 0 saturated carbocycles. The van der Waals surface area contributed by atoms with Crippen molar-refractivity contribution in [3.05, 3.63) is 93.4 Å². The Balaban J connectivity index is 2.06. The summed E-state index contributed by atoms with van der Waals surface area (Å²) in [7, 11) is -4.24. The standard InChI is InChI=1S/C28H30Cl3N3O4S/c1-4-19(2)32-28(36)20(3)33(17-21-10-8-9-13-24(21)30)27(35)18-34(26-15-14-22(29)16-25(26)31)39(37,38)23-11-6-5-7-12-23/h5-16,19-20H,4,17-18H2,1-3H3,(H,32,36)/t19-,20-/m1/s1. The number of carbonyl (C=O) groups excluding carboxylic acids is 2. The molecule has 1 N–H and O–H groups in total. The zero-order valence-corrected chi connectivity index (χ0v) is 24.9. The maximum Gasteiger partial charge on any atom is 0.264 e. The van der Waals surface area contributed by atoms with Crippen molar-refractivity contribution in [3.8, 4) is 0 Å². The SMILES string of the molecule is CC[C@@H](C)NC(=O)[C@@H](C)N(Cc1ccccc1Cl)C(=O)CN(c1ccc(Cl)cc1Cl)S(=O)(=O)c1ccccc1. The van der Waals surface area contributed by atoms with E-state index in [1.807, 2.05) is 13.8 Å². The lowest BCUT2D eigenvalue weighted by atomic mass is 10.1. The maximum atomic E-state index is 13.9. The second-order valence-corrected chi connectivity index (χ2v) is 12.1. The molecule has 2 atom stereocenters. The Bertz CT molecular complexity index is 1420. The van der Waals surface area contributed by atoms with E-state index in [0.29, 0.717) is 22.0 Å². The summed E-state index contributed by atoms with van der Waals surface area (Å²) in [6, 6.07) is 18.0. The van der Waals surface area contributed by atoms with Gasteiger partial charge in [0.1, 0.15) is 12.6 Å². The van der Waals surface area contributed by atoms with Crippen molar-refractivity contribution >= 4 is 62.3 Å². The smallest absolute Gasteiger partial charge is 0.264 e. The molecule has 3 aromatic carbocycles. The highest BCUT2D eigenvalue weighted by atomic mass is 35.5. The molecule has 0 aliphatic carbocycles. The third-order valence-corrected chi connectivity index (χ3v) is 8.94. The van der Waals surface area contributed by atoms with Gasteiger partial charge in [-0.15, -0.1) is 0 Å². The number of sulfonamides is 1. The van der Waals surface area contributed by atoms with Crippen molar-refractivity contribution in [3.63, 3.8) is 0 Å². The zero-order chi connectivity index (χ0) is 28.7. The molecule has 7 nitrogen and oxygen atoms in total. The van der Waals surface area contributed by atoms with Gasteiger partial charge in [0.05, 0.1) is 15.6 Å². The lowest BCUT2D eigenvalue weighted by molar-refractivity contribution is -0.139. The Morgan fingerprint density at radius 1 is 0.897 bits per heavy atom. The predicted octanol–water partition coefficient (Wildman–Crippen LogP) is 6.17. The molecule has 0 radical (unpaired) electrons. The summed E-state index contributed by atoms with van der Waals surface area (Å²) in [6.45, 7) is 4.76. The first-order valence-electron chi connectivity index (χ1n) is 12.3. The molecule has 0 aliphatic heterocycles. The van der Waals surface area contributed by atoms with Gasteiger partial charge in [-0.2, -0.15) is 0 Å². The quantitative estimate of drug-likeness (QED) is 0.281. The molecule has 0 aromatic heterocycles. The first-order chi connectivity index (χ1) is 18.4. The van der Waals surface area contributed by atoms with Crippen LogP contribution in [0.2, 0.25) is 15.1 Å². The lowest BCUT2D eigenvalue weighted by Gasteiger charge is -2.33. The summed E-state index contributed by atoms with van der Waals surface area (Å²) in [6.07, 6.45) is 0.703. The van der Waals surface area contributed by atoms with Crippen molar-refractivity contribution in [1.82, 2.24) is 10.2 Å². The van der Waals surface area contributed by atoms with Crippen LogP contribution >= 0.6 is 34.8 Å². The van der Waals surface area contributed by atoms with Gasteiger partial charge in [-0.3, -0.25) is 13.9 Å². The van der Waals surface area contributed by atoms with Gasteiger partial charge in [0.15, 0.2) is 0 Å². The number of anilines is 1. The fourth-order valence-electron chi connectivity index (χ4n) is 3.77. The summed E-state index contributed by atoms with van der Waals surface area (Å²) in [5, 5.41) is 3.66. The third-order valence-electron chi connectivity index (χ3n) is 6.26. The van der Waals surface area contributed by atoms with Gasteiger partial charge in [-0.1, -0.05) is 78.1 Å². The molecule has 0 bridgehead atoms. The van der Waals surface area contributed by atoms with Crippen molar-refractivity contribution in [2.75, 3.05) is 10.8 Å². The van der Waals surface area contributed by atoms with Gasteiger partial charge in [-0.05, 0) is 62.2 Å². The van der Waals surface area contributed by atoms with E-state index < -0.39 is 28.5 Å². The van der Waals surface area contributed by atoms with Crippen LogP contribution in [0.5, 0.6) is 0 Å². The highest BCUT2D eigenvalue weighted by Crippen LogP contribution is 2.33. The highest BCUT2D eigenvalue weighted by molar-refractivity contribution is 7.92. The van der Waals surface area contributed by atoms with Gasteiger partial charge in [0.2, 0.25) is 11.8 Å². The molecule has 0 aliphatic rings. The number of amides is 2. The number of rotatable bonds is 11. The van der Waals surface area contributed by atoms with Crippen LogP contribution < -0.4 is 9.62 Å². The number of benzene rings is 3. The summed E-state index contributed by atoms with van der Waals surface area (Å²) in [5.41, 5.74) is 0.686. The Hall–Kier alpha value is -2.78. The predicted molar refractivity (Wildman–Crippen MR) is 157 cm³/mol. The Kier molecular flexibility index (Phi) is 10.7. The molecule has 39 heavy (non-hydrogen) atoms. The molecule has 0 fully saturated rings. The number of carbonyl (C=O) groups is 2. The number of nitrogens with one attached hydrogen (secondary N) is 1. The lowest BCUT2D eigenvalue weighted by Crippen LogP contribution is -2.52. The zero-order valence-electron chi connectivity index (χ0n) is 21.8. The largest absolute Gasteiger partial charge is 0.352 e. The van der Waals surface area contributed by atoms with Gasteiger partial charge >= 0.3 is 0 Å². The first kappa shape index (κ1) is 30.8. The van der Waals surface area contributed by atoms with Crippen LogP contribution in [0.4, 0.5) is 5.69 Å². The van der Waals surface area contributed by atoms with E-state index in [2.05, 4.69) is 5.32 Å². The Morgan fingerprint density at radius 2 is 1.54 bits per heavy atom. The minimum atomic E-state index is -4.24. The second kappa shape index (κ2) is 13.5. The van der Waals surface area contributed by atoms with Crippen molar-refractivity contribution in [2.24, 2.45) is 0 Å². The third kappa shape index (κ3) is 7.66. The van der Waals surface area contributed by atoms with Crippen LogP contribution in [0.25, 0.3) is 0 Å². The van der Waals surface area contributed by atoms with Crippen molar-refractivity contribution in [2.45, 2.75) is 50.7 Å². The van der Waals surface area contributed by atoms with Crippen LogP contribution in [0.3, 0.4) is 0 Å². The van der Waals surface area contributed by atoms with Crippen LogP contribution in [0.1, 0.15) is 32.8 Å². The molecule has 0 saturated heterocycles. The Morgan fingerprint density at radius 3 is 2.15 bits per heavy atom. The fourth-order valence-corrected chi connectivity index (χ4v) is 5.99. The molecule has 3 aromatic rings. The summed E-state index contributed by atoms with van der Waals surface area (Å²) in [5.74, 6) is -0.987. The monoisotopic (exact) mass is 609 g/mol. The normalized spacial score (nSPS) is 12.9. The topological polar surface area (TPSA) is 86.8 Å². The first-order valence-corrected chi connectivity index (χ1v) is 14.9. The summed E-state index contributed by atoms with van der Waals surface area (Å²) < 4.78 is 28.5. The number of halogens is 3. The van der Waals surface area contributed by atoms with Gasteiger partial charge in [0.25, 0.3) is 10.0 Å². The maximum absolute atomic E-state index is 13.9. The summed E-state index contributed by atoms with van der Waals surface area (Å²) in [4.78, 5) is 28.3. The van der Waals surface area contributed by atoms with E-state index in [1.54, 1.807) is 49.4 Å². The van der Waals surface area contributed by atoms with Crippen LogP contribution in [-0.4, -0.2) is 43.8 Å². The van der Waals surface area contributed by atoms with E-state index in [4.69, 9.17) is 34.8 Å². The van der Waals surface area contributed by atoms with Crippen LogP contribution in [0.15, 0.2) is 77.7 Å². The molecule has 0 spiro atoms. The second-order valence-electron chi connectivity index (χ2n) is 9.03. The Labute approximate surface area is 244 Å². The van der Waals surface area contributed by atoms with Gasteiger partial charge < -0.3 is 10.2 Å². The minimum Gasteiger partial charge on any atom is -0.352 e. The molecule has 208 valence electrons. The van der Waals surface area contributed by atoms with Gasteiger partial charge in [-0.25, -0.2) is 8.42 Å². The molecule has 0 heterocycles. The number of nitrogens with zero attached hydrogens (tertiary/aromatic N) is 2. The number of hydrogen-bond acceptors (Lipinski definition) is 4. The van der Waals surface area contributed by atoms with E-state index >= 15 is 0 Å². The molecule has 2 amide bonds. The van der Waals surface area contributed by atoms with Crippen molar-refractivity contribution in [1.29, 1.82) is 0 Å². The van der Waals surface area contributed by atoms with Gasteiger partial charge in [0, 0.05) is 22.6 Å². The molecule has 0 unspecified atom stereocenters. The molecule has 3 rings (SSSR count). The average molecular weight is 611 g/mol. The van der Waals surface area contributed by atoms with E-state index in [1.165, 1.54) is 35.2 Å². The van der Waals surface area contributed by atoms with Crippen LogP contribution in [-0.2, 0) is 26.2 Å². The number of hydrogen-bond donors (Lipinski definition) is 1. The molecular weight excluding hydrogens is 581 g/mol. The van der Waals surface area contributed by atoms with E-state index in [-0.39, 0.29) is 34.1 Å². The fraction of sp³-hybridized carbons (Fsp3) is 0.286. The molecular formula is C28H30Cl3N3O4S. The van der Waals surface area contributed by atoms with E-state index in [9.17, 15) is 18.0 Å².